The average molecular weight is 300 g/mol. The fourth-order valence-corrected chi connectivity index (χ4v) is 2.70. The van der Waals surface area contributed by atoms with Gasteiger partial charge in [0.25, 0.3) is 0 Å². The van der Waals surface area contributed by atoms with Gasteiger partial charge in [-0.25, -0.2) is 0 Å². The highest BCUT2D eigenvalue weighted by atomic mass is 35.5. The van der Waals surface area contributed by atoms with Crippen molar-refractivity contribution in [1.82, 2.24) is 0 Å². The lowest BCUT2D eigenvalue weighted by molar-refractivity contribution is -0.116. The molecule has 0 unspecified atom stereocenters. The van der Waals surface area contributed by atoms with Gasteiger partial charge in [-0.05, 0) is 12.8 Å². The molecular formula is C10H6Cl4O2. The fourth-order valence-electron chi connectivity index (χ4n) is 1.82. The normalized spacial score (nSPS) is 31.0. The molecule has 0 aromatic rings. The van der Waals surface area contributed by atoms with E-state index >= 15 is 0 Å². The summed E-state index contributed by atoms with van der Waals surface area (Å²) in [4.78, 5) is 23.6. The third-order valence-corrected chi connectivity index (χ3v) is 4.56. The van der Waals surface area contributed by atoms with Gasteiger partial charge in [-0.3, -0.25) is 9.59 Å². The smallest absolute Gasteiger partial charge is 0.202 e. The van der Waals surface area contributed by atoms with E-state index in [-0.39, 0.29) is 33.7 Å². The summed E-state index contributed by atoms with van der Waals surface area (Å²) in [5, 5.41) is -1.17. The van der Waals surface area contributed by atoms with Gasteiger partial charge in [-0.1, -0.05) is 23.2 Å². The molecule has 2 rings (SSSR count). The zero-order valence-corrected chi connectivity index (χ0v) is 10.9. The summed E-state index contributed by atoms with van der Waals surface area (Å²) in [7, 11) is 0. The molecule has 0 spiro atoms. The van der Waals surface area contributed by atoms with Crippen LogP contribution in [0.5, 0.6) is 0 Å². The van der Waals surface area contributed by atoms with Crippen molar-refractivity contribution in [2.75, 3.05) is 0 Å². The molecule has 0 radical (unpaired) electrons. The Hall–Kier alpha value is -0.0200. The van der Waals surface area contributed by atoms with Crippen LogP contribution in [-0.2, 0) is 9.59 Å². The molecule has 6 heteroatoms. The summed E-state index contributed by atoms with van der Waals surface area (Å²) < 4.78 is 0. The summed E-state index contributed by atoms with van der Waals surface area (Å²) in [6.07, 6.45) is 0.520. The van der Waals surface area contributed by atoms with Crippen molar-refractivity contribution in [2.45, 2.75) is 23.6 Å². The number of halogens is 4. The van der Waals surface area contributed by atoms with Crippen LogP contribution in [0.2, 0.25) is 0 Å². The van der Waals surface area contributed by atoms with Crippen LogP contribution in [0.4, 0.5) is 0 Å². The van der Waals surface area contributed by atoms with Crippen molar-refractivity contribution < 1.29 is 9.59 Å². The van der Waals surface area contributed by atoms with Crippen molar-refractivity contribution in [3.05, 3.63) is 21.2 Å². The molecule has 0 N–H and O–H groups in total. The molecule has 2 nitrogen and oxygen atoms in total. The first-order valence-electron chi connectivity index (χ1n) is 4.58. The van der Waals surface area contributed by atoms with Crippen molar-refractivity contribution in [3.63, 3.8) is 0 Å². The highest BCUT2D eigenvalue weighted by molar-refractivity contribution is 6.59. The van der Waals surface area contributed by atoms with E-state index in [9.17, 15) is 9.59 Å². The van der Waals surface area contributed by atoms with Crippen LogP contribution in [0.3, 0.4) is 0 Å². The number of allylic oxidation sites excluding steroid dienone is 4. The Morgan fingerprint density at radius 1 is 0.812 bits per heavy atom. The Morgan fingerprint density at radius 3 is 1.44 bits per heavy atom. The molecule has 2 atom stereocenters. The van der Waals surface area contributed by atoms with Crippen molar-refractivity contribution in [1.29, 1.82) is 0 Å². The first-order valence-corrected chi connectivity index (χ1v) is 6.21. The molecule has 16 heavy (non-hydrogen) atoms. The molecule has 0 saturated carbocycles. The number of ketones is 2. The summed E-state index contributed by atoms with van der Waals surface area (Å²) in [6.45, 7) is 0. The largest absolute Gasteiger partial charge is 0.288 e. The minimum Gasteiger partial charge on any atom is -0.288 e. The molecular weight excluding hydrogens is 294 g/mol. The van der Waals surface area contributed by atoms with Crippen LogP contribution in [-0.4, -0.2) is 22.3 Å². The van der Waals surface area contributed by atoms with E-state index in [4.69, 9.17) is 46.4 Å². The van der Waals surface area contributed by atoms with E-state index in [1.54, 1.807) is 0 Å². The number of carbonyl (C=O) groups excluding carboxylic acids is 2. The van der Waals surface area contributed by atoms with E-state index in [2.05, 4.69) is 0 Å². The lowest BCUT2D eigenvalue weighted by Gasteiger charge is -2.28. The fraction of sp³-hybridized carbons (Fsp3) is 0.400. The molecule has 0 heterocycles. The van der Waals surface area contributed by atoms with Gasteiger partial charge in [0.1, 0.15) is 10.1 Å². The van der Waals surface area contributed by atoms with Crippen molar-refractivity contribution in [3.8, 4) is 0 Å². The lowest BCUT2D eigenvalue weighted by atomic mass is 9.83. The Bertz CT molecular complexity index is 410. The summed E-state index contributed by atoms with van der Waals surface area (Å²) in [5.74, 6) is -0.814. The molecule has 0 bridgehead atoms. The van der Waals surface area contributed by atoms with Gasteiger partial charge >= 0.3 is 0 Å². The van der Waals surface area contributed by atoms with Crippen LogP contribution < -0.4 is 0 Å². The maximum Gasteiger partial charge on any atom is 0.202 e. The Balaban J connectivity index is 2.48. The number of rotatable bonds is 0. The third-order valence-electron chi connectivity index (χ3n) is 2.69. The molecule has 86 valence electrons. The van der Waals surface area contributed by atoms with Crippen molar-refractivity contribution >= 4 is 58.0 Å². The minimum atomic E-state index is -0.407. The molecule has 0 amide bonds. The summed E-state index contributed by atoms with van der Waals surface area (Å²) >= 11 is 23.3. The monoisotopic (exact) mass is 298 g/mol. The number of Topliss-reactive ketones (excluding diaryl/α,β-unsaturated/α-hetero) is 2. The van der Waals surface area contributed by atoms with Gasteiger partial charge < -0.3 is 0 Å². The number of hydrogen-bond acceptors (Lipinski definition) is 2. The molecule has 0 aromatic heterocycles. The van der Waals surface area contributed by atoms with E-state index < -0.39 is 11.6 Å². The predicted molar refractivity (Wildman–Crippen MR) is 64.3 cm³/mol. The Morgan fingerprint density at radius 2 is 1.12 bits per heavy atom. The molecule has 0 aliphatic heterocycles. The summed E-state index contributed by atoms with van der Waals surface area (Å²) in [5.41, 5.74) is 0.715. The Labute approximate surface area is 112 Å². The van der Waals surface area contributed by atoms with Crippen LogP contribution in [0.1, 0.15) is 12.8 Å². The van der Waals surface area contributed by atoms with Gasteiger partial charge in [0, 0.05) is 11.1 Å². The molecule has 2 aliphatic carbocycles. The number of alkyl halides is 2. The third kappa shape index (κ3) is 1.82. The number of carbonyl (C=O) groups is 2. The van der Waals surface area contributed by atoms with Gasteiger partial charge in [-0.2, -0.15) is 0 Å². The maximum absolute atomic E-state index is 11.8. The van der Waals surface area contributed by atoms with Gasteiger partial charge in [0.2, 0.25) is 11.6 Å². The highest BCUT2D eigenvalue weighted by Crippen LogP contribution is 2.40. The van der Waals surface area contributed by atoms with Crippen LogP contribution >= 0.6 is 46.4 Å². The zero-order chi connectivity index (χ0) is 12.0. The molecule has 0 saturated heterocycles. The zero-order valence-electron chi connectivity index (χ0n) is 7.90. The second-order valence-corrected chi connectivity index (χ2v) is 5.56. The van der Waals surface area contributed by atoms with E-state index in [1.807, 2.05) is 0 Å². The minimum absolute atomic E-state index is 0.220. The predicted octanol–water partition coefficient (Wildman–Crippen LogP) is 3.13. The lowest BCUT2D eigenvalue weighted by Crippen LogP contribution is -2.31. The SMILES string of the molecule is O=C1C(Cl)=C(Cl)C(=O)C2=C1C[C@@H](Cl)[C@H](Cl)C2. The van der Waals surface area contributed by atoms with E-state index in [1.165, 1.54) is 0 Å². The number of hydrogen-bond donors (Lipinski definition) is 0. The summed E-state index contributed by atoms with van der Waals surface area (Å²) in [6, 6.07) is 0. The highest BCUT2D eigenvalue weighted by Gasteiger charge is 2.39. The topological polar surface area (TPSA) is 34.1 Å². The maximum atomic E-state index is 11.8. The first-order chi connectivity index (χ1) is 7.43. The van der Waals surface area contributed by atoms with Gasteiger partial charge in [0.05, 0.1) is 10.8 Å². The van der Waals surface area contributed by atoms with Crippen molar-refractivity contribution in [2.24, 2.45) is 0 Å². The second-order valence-electron chi connectivity index (χ2n) is 3.68. The van der Waals surface area contributed by atoms with Crippen LogP contribution in [0, 0.1) is 0 Å². The van der Waals surface area contributed by atoms with Crippen LogP contribution in [0.25, 0.3) is 0 Å². The second kappa shape index (κ2) is 4.34. The quantitative estimate of drug-likeness (QED) is 0.509. The van der Waals surface area contributed by atoms with Crippen LogP contribution in [0.15, 0.2) is 21.2 Å². The molecule has 0 aromatic carbocycles. The standard InChI is InChI=1S/C10H6Cl4O2/c11-5-1-3-4(2-6(5)12)10(16)8(14)7(13)9(3)15/h5-6H,1-2H2/t5-,6-/m1/s1. The van der Waals surface area contributed by atoms with E-state index in [0.717, 1.165) is 0 Å². The average Bonchev–Trinajstić information content (AvgIpc) is 2.26. The molecule has 2 aliphatic rings. The van der Waals surface area contributed by atoms with Gasteiger partial charge in [-0.15, -0.1) is 23.2 Å². The Kier molecular flexibility index (Phi) is 3.37. The first kappa shape index (κ1) is 12.4. The van der Waals surface area contributed by atoms with E-state index in [0.29, 0.717) is 11.1 Å². The van der Waals surface area contributed by atoms with Gasteiger partial charge in [0.15, 0.2) is 0 Å². The molecule has 0 fully saturated rings.